The molecule has 13 heavy (non-hydrogen) atoms. The zero-order valence-electron chi connectivity index (χ0n) is 7.33. The first-order valence-electron chi connectivity index (χ1n) is 3.66. The molecule has 70 valence electrons. The minimum absolute atomic E-state index is 0.366. The summed E-state index contributed by atoms with van der Waals surface area (Å²) in [6.07, 6.45) is 0. The van der Waals surface area contributed by atoms with Crippen molar-refractivity contribution in [3.63, 3.8) is 0 Å². The Bertz CT molecular complexity index is 323. The van der Waals surface area contributed by atoms with E-state index in [1.54, 1.807) is 25.1 Å². The van der Waals surface area contributed by atoms with Gasteiger partial charge in [0.25, 0.3) is 0 Å². The summed E-state index contributed by atoms with van der Waals surface area (Å²) in [5.74, 6) is 0.860. The van der Waals surface area contributed by atoms with Gasteiger partial charge in [-0.3, -0.25) is 0 Å². The van der Waals surface area contributed by atoms with Crippen LogP contribution in [0.3, 0.4) is 0 Å². The average molecular weight is 201 g/mol. The predicted molar refractivity (Wildman–Crippen MR) is 49.6 cm³/mol. The largest absolute Gasteiger partial charge is 0.493 e. The lowest BCUT2D eigenvalue weighted by molar-refractivity contribution is 0.223. The maximum atomic E-state index is 10.5. The van der Waals surface area contributed by atoms with E-state index < -0.39 is 5.43 Å². The van der Waals surface area contributed by atoms with Crippen LogP contribution in [0.1, 0.15) is 5.56 Å². The van der Waals surface area contributed by atoms with Crippen molar-refractivity contribution >= 4 is 17.0 Å². The molecule has 0 heterocycles. The van der Waals surface area contributed by atoms with Gasteiger partial charge in [0.2, 0.25) is 0 Å². The minimum Gasteiger partial charge on any atom is -0.493 e. The molecule has 0 unspecified atom stereocenters. The van der Waals surface area contributed by atoms with Crippen LogP contribution in [0.4, 0.5) is 4.79 Å². The van der Waals surface area contributed by atoms with E-state index in [1.165, 1.54) is 7.11 Å². The number of halogens is 1. The van der Waals surface area contributed by atoms with Crippen molar-refractivity contribution in [2.24, 2.45) is 0 Å². The Labute approximate surface area is 81.2 Å². The third kappa shape index (κ3) is 2.36. The number of ether oxygens (including phenoxy) is 2. The highest BCUT2D eigenvalue weighted by atomic mass is 35.5. The molecule has 0 radical (unpaired) electrons. The van der Waals surface area contributed by atoms with Gasteiger partial charge in [0.05, 0.1) is 7.11 Å². The monoisotopic (exact) mass is 200 g/mol. The number of rotatable bonds is 2. The number of aryl methyl sites for hydroxylation is 1. The van der Waals surface area contributed by atoms with Crippen LogP contribution in [0.25, 0.3) is 0 Å². The van der Waals surface area contributed by atoms with E-state index in [0.29, 0.717) is 11.5 Å². The van der Waals surface area contributed by atoms with Gasteiger partial charge in [-0.25, -0.2) is 4.79 Å². The first-order chi connectivity index (χ1) is 6.15. The predicted octanol–water partition coefficient (Wildman–Crippen LogP) is 2.74. The number of methoxy groups -OCH3 is 1. The van der Waals surface area contributed by atoms with Crippen molar-refractivity contribution in [2.45, 2.75) is 6.92 Å². The molecular weight excluding hydrogens is 192 g/mol. The summed E-state index contributed by atoms with van der Waals surface area (Å²) in [5.41, 5.74) is -0.0686. The maximum absolute atomic E-state index is 10.5. The highest BCUT2D eigenvalue weighted by Crippen LogP contribution is 2.30. The number of carbonyl (C=O) groups excluding carboxylic acids is 1. The molecule has 0 saturated carbocycles. The molecule has 1 aromatic carbocycles. The van der Waals surface area contributed by atoms with Gasteiger partial charge in [-0.2, -0.15) is 0 Å². The zero-order valence-corrected chi connectivity index (χ0v) is 8.09. The highest BCUT2D eigenvalue weighted by molar-refractivity contribution is 6.61. The van der Waals surface area contributed by atoms with Gasteiger partial charge in [-0.05, 0) is 18.6 Å². The SMILES string of the molecule is COc1cccc(C)c1OC(=O)Cl. The summed E-state index contributed by atoms with van der Waals surface area (Å²) in [6, 6.07) is 5.31. The van der Waals surface area contributed by atoms with E-state index in [0.717, 1.165) is 5.56 Å². The lowest BCUT2D eigenvalue weighted by Crippen LogP contribution is -2.00. The molecule has 0 aromatic heterocycles. The lowest BCUT2D eigenvalue weighted by atomic mass is 10.2. The van der Waals surface area contributed by atoms with Gasteiger partial charge in [-0.15, -0.1) is 0 Å². The van der Waals surface area contributed by atoms with Gasteiger partial charge in [0.1, 0.15) is 0 Å². The Morgan fingerprint density at radius 3 is 2.69 bits per heavy atom. The third-order valence-corrected chi connectivity index (χ3v) is 1.66. The molecule has 0 saturated heterocycles. The molecule has 0 aliphatic heterocycles. The molecule has 3 nitrogen and oxygen atoms in total. The van der Waals surface area contributed by atoms with Gasteiger partial charge in [-0.1, -0.05) is 12.1 Å². The smallest absolute Gasteiger partial charge is 0.409 e. The zero-order chi connectivity index (χ0) is 9.84. The quantitative estimate of drug-likeness (QED) is 0.689. The van der Waals surface area contributed by atoms with E-state index in [2.05, 4.69) is 0 Å². The molecule has 0 aliphatic rings. The Morgan fingerprint density at radius 2 is 2.15 bits per heavy atom. The first kappa shape index (κ1) is 9.86. The standard InChI is InChI=1S/C9H9ClO3/c1-6-4-3-5-7(12-2)8(6)13-9(10)11/h3-5H,1-2H3. The first-order valence-corrected chi connectivity index (χ1v) is 4.04. The minimum atomic E-state index is -0.868. The average Bonchev–Trinajstić information content (AvgIpc) is 2.08. The number of carbonyl (C=O) groups is 1. The van der Waals surface area contributed by atoms with Crippen LogP contribution in [0, 0.1) is 6.92 Å². The molecule has 0 fully saturated rings. The molecule has 0 N–H and O–H groups in total. The Hall–Kier alpha value is -1.22. The molecular formula is C9H9ClO3. The van der Waals surface area contributed by atoms with Crippen molar-refractivity contribution in [1.29, 1.82) is 0 Å². The van der Waals surface area contributed by atoms with Crippen LogP contribution < -0.4 is 9.47 Å². The fourth-order valence-corrected chi connectivity index (χ4v) is 1.07. The maximum Gasteiger partial charge on any atom is 0.409 e. The third-order valence-electron chi connectivity index (χ3n) is 1.58. The van der Waals surface area contributed by atoms with E-state index in [1.807, 2.05) is 0 Å². The van der Waals surface area contributed by atoms with E-state index in [4.69, 9.17) is 21.1 Å². The van der Waals surface area contributed by atoms with Crippen molar-refractivity contribution in [2.75, 3.05) is 7.11 Å². The molecule has 0 aliphatic carbocycles. The molecule has 1 aromatic rings. The summed E-state index contributed by atoms with van der Waals surface area (Å²) >= 11 is 5.10. The number of hydrogen-bond acceptors (Lipinski definition) is 3. The summed E-state index contributed by atoms with van der Waals surface area (Å²) in [5, 5.41) is 0. The Balaban J connectivity index is 3.07. The fraction of sp³-hybridized carbons (Fsp3) is 0.222. The Kier molecular flexibility index (Phi) is 3.14. The van der Waals surface area contributed by atoms with Crippen molar-refractivity contribution in [3.05, 3.63) is 23.8 Å². The van der Waals surface area contributed by atoms with Gasteiger partial charge < -0.3 is 9.47 Å². The topological polar surface area (TPSA) is 35.5 Å². The van der Waals surface area contributed by atoms with E-state index in [-0.39, 0.29) is 0 Å². The summed E-state index contributed by atoms with van der Waals surface area (Å²) in [6.45, 7) is 1.80. The summed E-state index contributed by atoms with van der Waals surface area (Å²) in [4.78, 5) is 10.5. The second-order valence-corrected chi connectivity index (χ2v) is 2.75. The summed E-state index contributed by atoms with van der Waals surface area (Å²) < 4.78 is 9.76. The van der Waals surface area contributed by atoms with Gasteiger partial charge in [0, 0.05) is 11.6 Å². The molecule has 0 atom stereocenters. The van der Waals surface area contributed by atoms with E-state index in [9.17, 15) is 4.79 Å². The van der Waals surface area contributed by atoms with Crippen LogP contribution >= 0.6 is 11.6 Å². The molecule has 1 rings (SSSR count). The van der Waals surface area contributed by atoms with Crippen LogP contribution in [-0.2, 0) is 0 Å². The van der Waals surface area contributed by atoms with Crippen LogP contribution in [0.2, 0.25) is 0 Å². The highest BCUT2D eigenvalue weighted by Gasteiger charge is 2.09. The van der Waals surface area contributed by atoms with Gasteiger partial charge >= 0.3 is 5.43 Å². The second kappa shape index (κ2) is 4.14. The molecule has 4 heteroatoms. The molecule has 0 amide bonds. The Morgan fingerprint density at radius 1 is 1.46 bits per heavy atom. The normalized spacial score (nSPS) is 9.46. The lowest BCUT2D eigenvalue weighted by Gasteiger charge is -2.08. The van der Waals surface area contributed by atoms with Crippen molar-refractivity contribution in [1.82, 2.24) is 0 Å². The van der Waals surface area contributed by atoms with Crippen molar-refractivity contribution in [3.8, 4) is 11.5 Å². The van der Waals surface area contributed by atoms with Crippen LogP contribution in [0.15, 0.2) is 18.2 Å². The summed E-state index contributed by atoms with van der Waals surface area (Å²) in [7, 11) is 1.50. The number of benzene rings is 1. The number of hydrogen-bond donors (Lipinski definition) is 0. The fourth-order valence-electron chi connectivity index (χ4n) is 0.997. The van der Waals surface area contributed by atoms with Gasteiger partial charge in [0.15, 0.2) is 11.5 Å². The molecule has 0 spiro atoms. The molecule has 0 bridgehead atoms. The second-order valence-electron chi connectivity index (χ2n) is 2.45. The van der Waals surface area contributed by atoms with Crippen molar-refractivity contribution < 1.29 is 14.3 Å². The van der Waals surface area contributed by atoms with Crippen LogP contribution in [0.5, 0.6) is 11.5 Å². The van der Waals surface area contributed by atoms with Crippen LogP contribution in [-0.4, -0.2) is 12.5 Å². The van der Waals surface area contributed by atoms with E-state index >= 15 is 0 Å². The number of para-hydroxylation sites is 1.